The molecule has 2 unspecified atom stereocenters. The van der Waals surface area contributed by atoms with Crippen molar-refractivity contribution in [2.45, 2.75) is 22.1 Å². The largest absolute Gasteiger partial charge is 0.378 e. The van der Waals surface area contributed by atoms with Crippen LogP contribution in [-0.4, -0.2) is 48.2 Å². The van der Waals surface area contributed by atoms with Crippen molar-refractivity contribution in [3.05, 3.63) is 74.0 Å². The number of thioether (sulfide) groups is 1. The topological polar surface area (TPSA) is 71.5 Å². The van der Waals surface area contributed by atoms with E-state index in [9.17, 15) is 9.59 Å². The number of ketones is 1. The zero-order valence-corrected chi connectivity index (χ0v) is 22.0. The number of amides is 1. The van der Waals surface area contributed by atoms with Crippen molar-refractivity contribution in [1.29, 1.82) is 0 Å². The smallest absolute Gasteiger partial charge is 0.242 e. The number of nitrogens with one attached hydrogen (secondary N) is 1. The van der Waals surface area contributed by atoms with Gasteiger partial charge in [0, 0.05) is 36.2 Å². The number of hydrogen-bond donors (Lipinski definition) is 1. The lowest BCUT2D eigenvalue weighted by atomic mass is 9.77. The van der Waals surface area contributed by atoms with E-state index in [-0.39, 0.29) is 18.1 Å². The minimum absolute atomic E-state index is 0.128. The Bertz CT molecular complexity index is 1200. The van der Waals surface area contributed by atoms with Gasteiger partial charge in [-0.25, -0.2) is 4.98 Å². The highest BCUT2D eigenvalue weighted by Crippen LogP contribution is 2.42. The maximum absolute atomic E-state index is 13.4. The molecule has 176 valence electrons. The van der Waals surface area contributed by atoms with Gasteiger partial charge < -0.3 is 15.0 Å². The second-order valence-electron chi connectivity index (χ2n) is 8.11. The van der Waals surface area contributed by atoms with Gasteiger partial charge in [0.1, 0.15) is 11.1 Å². The molecule has 1 aromatic carbocycles. The summed E-state index contributed by atoms with van der Waals surface area (Å²) in [6, 6.07) is 11.1. The Morgan fingerprint density at radius 3 is 2.68 bits per heavy atom. The molecule has 34 heavy (non-hydrogen) atoms. The van der Waals surface area contributed by atoms with Crippen LogP contribution in [0.2, 0.25) is 5.02 Å². The number of anilines is 1. The number of carbonyl (C=O) groups is 2. The number of Topliss-reactive ketones (excluding diaryl/α,β-unsaturated/α-hetero) is 1. The zero-order valence-electron chi connectivity index (χ0n) is 18.0. The van der Waals surface area contributed by atoms with Crippen molar-refractivity contribution in [3.8, 4) is 0 Å². The molecule has 6 nitrogen and oxygen atoms in total. The van der Waals surface area contributed by atoms with Crippen LogP contribution in [0.5, 0.6) is 0 Å². The lowest BCUT2D eigenvalue weighted by Crippen LogP contribution is -2.58. The third-order valence-corrected chi connectivity index (χ3v) is 9.06. The van der Waals surface area contributed by atoms with Gasteiger partial charge >= 0.3 is 0 Å². The van der Waals surface area contributed by atoms with Crippen molar-refractivity contribution in [2.75, 3.05) is 31.2 Å². The zero-order chi connectivity index (χ0) is 23.7. The molecule has 0 bridgehead atoms. The molecule has 10 heteroatoms. The Labute approximate surface area is 219 Å². The van der Waals surface area contributed by atoms with E-state index in [0.29, 0.717) is 23.1 Å². The van der Waals surface area contributed by atoms with Gasteiger partial charge in [-0.2, -0.15) is 11.3 Å². The van der Waals surface area contributed by atoms with Gasteiger partial charge in [-0.05, 0) is 56.5 Å². The molecule has 1 N–H and O–H groups in total. The van der Waals surface area contributed by atoms with E-state index < -0.39 is 10.8 Å². The number of morpholine rings is 1. The summed E-state index contributed by atoms with van der Waals surface area (Å²) in [7, 11) is 0. The molecule has 1 amide bonds. The molecule has 2 fully saturated rings. The first-order chi connectivity index (χ1) is 16.5. The standard InChI is InChI=1S/C24H21BrClN3O3S2/c25-17-11-16(13-27-22(17)29-6-8-32-9-7-29)24(15-5-10-33-14-15)12-19(30)21(23(31)28-24)34-20-4-2-1-3-18(20)26/h1-5,10-11,13-14,21H,6-9,12H2,(H,28,31). The average Bonchev–Trinajstić information content (AvgIpc) is 3.38. The molecule has 5 rings (SSSR count). The third-order valence-electron chi connectivity index (χ3n) is 6.03. The highest BCUT2D eigenvalue weighted by Gasteiger charge is 2.48. The number of nitrogens with zero attached hydrogens (tertiary/aromatic N) is 2. The second-order valence-corrected chi connectivity index (χ2v) is 11.3. The summed E-state index contributed by atoms with van der Waals surface area (Å²) in [6.07, 6.45) is 1.89. The van der Waals surface area contributed by atoms with E-state index in [0.717, 1.165) is 34.5 Å². The van der Waals surface area contributed by atoms with E-state index >= 15 is 0 Å². The lowest BCUT2D eigenvalue weighted by molar-refractivity contribution is -0.132. The van der Waals surface area contributed by atoms with E-state index in [4.69, 9.17) is 21.3 Å². The van der Waals surface area contributed by atoms with Crippen LogP contribution in [0.3, 0.4) is 0 Å². The van der Waals surface area contributed by atoms with E-state index in [1.165, 1.54) is 23.1 Å². The molecule has 2 aliphatic rings. The van der Waals surface area contributed by atoms with Crippen molar-refractivity contribution >= 4 is 68.1 Å². The Hall–Kier alpha value is -1.91. The van der Waals surface area contributed by atoms with Crippen LogP contribution in [0.15, 0.2) is 62.7 Å². The number of thiophene rings is 1. The SMILES string of the molecule is O=C1CC(c2ccsc2)(c2cnc(N3CCOCC3)c(Br)c2)NC(=O)C1Sc1ccccc1Cl. The van der Waals surface area contributed by atoms with Crippen LogP contribution >= 0.6 is 50.6 Å². The number of ether oxygens (including phenoxy) is 1. The Balaban J connectivity index is 1.48. The second kappa shape index (κ2) is 9.99. The highest BCUT2D eigenvalue weighted by molar-refractivity contribution is 9.10. The van der Waals surface area contributed by atoms with Gasteiger partial charge in [-0.1, -0.05) is 23.7 Å². The van der Waals surface area contributed by atoms with Gasteiger partial charge in [0.2, 0.25) is 5.91 Å². The van der Waals surface area contributed by atoms with Crippen molar-refractivity contribution < 1.29 is 14.3 Å². The van der Waals surface area contributed by atoms with Gasteiger partial charge in [-0.3, -0.25) is 9.59 Å². The van der Waals surface area contributed by atoms with Crippen LogP contribution in [0.25, 0.3) is 0 Å². The first-order valence-electron chi connectivity index (χ1n) is 10.8. The summed E-state index contributed by atoms with van der Waals surface area (Å²) in [5.41, 5.74) is 0.649. The summed E-state index contributed by atoms with van der Waals surface area (Å²) >= 11 is 12.7. The minimum Gasteiger partial charge on any atom is -0.378 e. The van der Waals surface area contributed by atoms with Gasteiger partial charge in [0.05, 0.1) is 28.2 Å². The van der Waals surface area contributed by atoms with Crippen molar-refractivity contribution in [3.63, 3.8) is 0 Å². The number of carbonyl (C=O) groups excluding carboxylic acids is 2. The predicted molar refractivity (Wildman–Crippen MR) is 139 cm³/mol. The molecule has 2 aromatic heterocycles. The molecule has 2 atom stereocenters. The Morgan fingerprint density at radius 2 is 2.00 bits per heavy atom. The quantitative estimate of drug-likeness (QED) is 0.435. The maximum Gasteiger partial charge on any atom is 0.242 e. The minimum atomic E-state index is -0.981. The van der Waals surface area contributed by atoms with Crippen molar-refractivity contribution in [1.82, 2.24) is 10.3 Å². The number of piperidine rings is 1. The lowest BCUT2D eigenvalue weighted by Gasteiger charge is -2.40. The number of hydrogen-bond acceptors (Lipinski definition) is 7. The number of pyridine rings is 1. The van der Waals surface area contributed by atoms with Crippen LogP contribution < -0.4 is 10.2 Å². The van der Waals surface area contributed by atoms with Crippen molar-refractivity contribution in [2.24, 2.45) is 0 Å². The molecule has 2 saturated heterocycles. The maximum atomic E-state index is 13.4. The molecule has 0 saturated carbocycles. The third kappa shape index (κ3) is 4.52. The Morgan fingerprint density at radius 1 is 1.21 bits per heavy atom. The molecule has 0 radical (unpaired) electrons. The molecule has 0 spiro atoms. The normalized spacial score (nSPS) is 23.1. The number of benzene rings is 1. The molecule has 2 aliphatic heterocycles. The molecular weight excluding hydrogens is 558 g/mol. The van der Waals surface area contributed by atoms with E-state index in [1.807, 2.05) is 41.1 Å². The van der Waals surface area contributed by atoms with Crippen LogP contribution in [0, 0.1) is 0 Å². The molecule has 0 aliphatic carbocycles. The Kier molecular flexibility index (Phi) is 7.00. The summed E-state index contributed by atoms with van der Waals surface area (Å²) in [6.45, 7) is 2.83. The van der Waals surface area contributed by atoms with E-state index in [2.05, 4.69) is 26.1 Å². The first-order valence-corrected chi connectivity index (χ1v) is 13.7. The van der Waals surface area contributed by atoms with E-state index in [1.54, 1.807) is 12.3 Å². The van der Waals surface area contributed by atoms with Crippen LogP contribution in [0.4, 0.5) is 5.82 Å². The highest BCUT2D eigenvalue weighted by atomic mass is 79.9. The van der Waals surface area contributed by atoms with Crippen LogP contribution in [-0.2, 0) is 19.9 Å². The summed E-state index contributed by atoms with van der Waals surface area (Å²) in [5, 5.41) is 6.76. The van der Waals surface area contributed by atoms with Gasteiger partial charge in [-0.15, -0.1) is 11.8 Å². The molecule has 3 aromatic rings. The fourth-order valence-electron chi connectivity index (χ4n) is 4.30. The monoisotopic (exact) mass is 577 g/mol. The van der Waals surface area contributed by atoms with Gasteiger partial charge in [0.25, 0.3) is 0 Å². The van der Waals surface area contributed by atoms with Crippen LogP contribution in [0.1, 0.15) is 17.5 Å². The number of rotatable bonds is 5. The average molecular weight is 579 g/mol. The summed E-state index contributed by atoms with van der Waals surface area (Å²) in [5.74, 6) is 0.349. The summed E-state index contributed by atoms with van der Waals surface area (Å²) in [4.78, 5) is 34.4. The number of aromatic nitrogens is 1. The predicted octanol–water partition coefficient (Wildman–Crippen LogP) is 4.89. The fraction of sp³-hybridized carbons (Fsp3) is 0.292. The first kappa shape index (κ1) is 23.8. The fourth-order valence-corrected chi connectivity index (χ4v) is 6.87. The number of halogens is 2. The summed E-state index contributed by atoms with van der Waals surface area (Å²) < 4.78 is 6.27. The molecular formula is C24H21BrClN3O3S2. The molecule has 4 heterocycles. The van der Waals surface area contributed by atoms with Gasteiger partial charge in [0.15, 0.2) is 5.78 Å².